The van der Waals surface area contributed by atoms with E-state index in [0.29, 0.717) is 17.1 Å². The van der Waals surface area contributed by atoms with Crippen LogP contribution in [0.1, 0.15) is 21.9 Å². The molecule has 15 heavy (non-hydrogen) atoms. The van der Waals surface area contributed by atoms with E-state index < -0.39 is 0 Å². The number of aromatic amines is 1. The molecule has 2 aromatic heterocycles. The van der Waals surface area contributed by atoms with Crippen molar-refractivity contribution in [2.24, 2.45) is 0 Å². The Labute approximate surface area is 84.9 Å². The molecule has 0 radical (unpaired) electrons. The highest BCUT2D eigenvalue weighted by Gasteiger charge is 2.08. The normalized spacial score (nSPS) is 10.2. The van der Waals surface area contributed by atoms with E-state index in [9.17, 15) is 4.79 Å². The number of nitrogens with zero attached hydrogens (tertiary/aromatic N) is 3. The van der Waals surface area contributed by atoms with E-state index in [4.69, 9.17) is 4.42 Å². The average molecular weight is 207 g/mol. The lowest BCUT2D eigenvalue weighted by molar-refractivity contribution is 0.0949. The molecule has 0 saturated heterocycles. The van der Waals surface area contributed by atoms with Crippen LogP contribution in [0.2, 0.25) is 0 Å². The van der Waals surface area contributed by atoms with Crippen LogP contribution in [0.5, 0.6) is 0 Å². The van der Waals surface area contributed by atoms with Crippen LogP contribution in [0, 0.1) is 6.92 Å². The Hall–Kier alpha value is -2.18. The van der Waals surface area contributed by atoms with Gasteiger partial charge in [-0.05, 0) is 13.0 Å². The zero-order chi connectivity index (χ0) is 10.7. The van der Waals surface area contributed by atoms with Gasteiger partial charge >= 0.3 is 0 Å². The number of furan rings is 1. The van der Waals surface area contributed by atoms with Crippen LogP contribution in [0.3, 0.4) is 0 Å². The third kappa shape index (κ3) is 2.19. The second-order valence-corrected chi connectivity index (χ2v) is 2.96. The number of nitrogens with one attached hydrogen (secondary N) is 2. The summed E-state index contributed by atoms with van der Waals surface area (Å²) in [7, 11) is 0. The van der Waals surface area contributed by atoms with Crippen molar-refractivity contribution in [2.45, 2.75) is 13.5 Å². The molecule has 2 heterocycles. The Kier molecular flexibility index (Phi) is 2.44. The summed E-state index contributed by atoms with van der Waals surface area (Å²) in [5, 5.41) is 15.7. The monoisotopic (exact) mass is 207 g/mol. The molecule has 0 unspecified atom stereocenters. The quantitative estimate of drug-likeness (QED) is 0.740. The number of carbonyl (C=O) groups is 1. The zero-order valence-electron chi connectivity index (χ0n) is 8.02. The maximum atomic E-state index is 11.5. The molecule has 0 aliphatic heterocycles. The molecule has 0 aromatic carbocycles. The van der Waals surface area contributed by atoms with E-state index in [0.717, 1.165) is 0 Å². The third-order valence-corrected chi connectivity index (χ3v) is 1.79. The average Bonchev–Trinajstić information content (AvgIpc) is 2.84. The standard InChI is InChI=1S/C8H9N5O2/c1-5-2-6(4-15-5)8(14)9-3-7-10-12-13-11-7/h2,4H,3H2,1H3,(H,9,14)(H,10,11,12,13). The molecular weight excluding hydrogens is 198 g/mol. The lowest BCUT2D eigenvalue weighted by Crippen LogP contribution is -2.22. The van der Waals surface area contributed by atoms with Gasteiger partial charge in [-0.1, -0.05) is 5.21 Å². The molecule has 0 fully saturated rings. The minimum absolute atomic E-state index is 0.225. The molecule has 0 spiro atoms. The van der Waals surface area contributed by atoms with E-state index >= 15 is 0 Å². The van der Waals surface area contributed by atoms with Crippen LogP contribution in [-0.2, 0) is 6.54 Å². The second kappa shape index (κ2) is 3.91. The number of carbonyl (C=O) groups excluding carboxylic acids is 1. The number of aromatic nitrogens is 4. The highest BCUT2D eigenvalue weighted by atomic mass is 16.3. The molecule has 7 nitrogen and oxygen atoms in total. The van der Waals surface area contributed by atoms with Gasteiger partial charge in [0, 0.05) is 0 Å². The Bertz CT molecular complexity index is 447. The molecular formula is C8H9N5O2. The highest BCUT2D eigenvalue weighted by molar-refractivity contribution is 5.93. The predicted molar refractivity (Wildman–Crippen MR) is 48.8 cm³/mol. The maximum absolute atomic E-state index is 11.5. The maximum Gasteiger partial charge on any atom is 0.254 e. The number of rotatable bonds is 3. The predicted octanol–water partition coefficient (Wildman–Crippen LogP) is 0.0311. The Balaban J connectivity index is 1.93. The SMILES string of the molecule is Cc1cc(C(=O)NCc2nn[nH]n2)co1. The number of hydrogen-bond donors (Lipinski definition) is 2. The van der Waals surface area contributed by atoms with Gasteiger partial charge in [-0.15, -0.1) is 10.2 Å². The zero-order valence-corrected chi connectivity index (χ0v) is 8.02. The van der Waals surface area contributed by atoms with Gasteiger partial charge in [-0.2, -0.15) is 5.21 Å². The number of H-pyrrole nitrogens is 1. The molecule has 1 amide bonds. The van der Waals surface area contributed by atoms with E-state index in [1.807, 2.05) is 0 Å². The fourth-order valence-corrected chi connectivity index (χ4v) is 1.08. The van der Waals surface area contributed by atoms with Crippen LogP contribution < -0.4 is 5.32 Å². The van der Waals surface area contributed by atoms with Crippen molar-refractivity contribution >= 4 is 5.91 Å². The van der Waals surface area contributed by atoms with Gasteiger partial charge in [0.05, 0.1) is 12.1 Å². The van der Waals surface area contributed by atoms with Crippen LogP contribution in [0.4, 0.5) is 0 Å². The fourth-order valence-electron chi connectivity index (χ4n) is 1.08. The summed E-state index contributed by atoms with van der Waals surface area (Å²) >= 11 is 0. The third-order valence-electron chi connectivity index (χ3n) is 1.79. The van der Waals surface area contributed by atoms with Gasteiger partial charge in [0.2, 0.25) is 0 Å². The van der Waals surface area contributed by atoms with E-state index in [1.165, 1.54) is 6.26 Å². The van der Waals surface area contributed by atoms with Crippen molar-refractivity contribution < 1.29 is 9.21 Å². The summed E-state index contributed by atoms with van der Waals surface area (Å²) in [5.41, 5.74) is 0.482. The summed E-state index contributed by atoms with van der Waals surface area (Å²) in [6.45, 7) is 2.01. The van der Waals surface area contributed by atoms with Crippen LogP contribution in [-0.4, -0.2) is 26.5 Å². The summed E-state index contributed by atoms with van der Waals surface area (Å²) in [6.07, 6.45) is 1.40. The van der Waals surface area contributed by atoms with Gasteiger partial charge < -0.3 is 9.73 Å². The van der Waals surface area contributed by atoms with E-state index in [2.05, 4.69) is 25.9 Å². The first-order chi connectivity index (χ1) is 7.25. The van der Waals surface area contributed by atoms with E-state index in [1.54, 1.807) is 13.0 Å². The Morgan fingerprint density at radius 3 is 3.13 bits per heavy atom. The van der Waals surface area contributed by atoms with Crippen LogP contribution >= 0.6 is 0 Å². The number of tetrazole rings is 1. The minimum Gasteiger partial charge on any atom is -0.469 e. The van der Waals surface area contributed by atoms with Gasteiger partial charge in [0.15, 0.2) is 5.82 Å². The Morgan fingerprint density at radius 1 is 1.67 bits per heavy atom. The number of amides is 1. The minimum atomic E-state index is -0.225. The molecule has 2 aromatic rings. The Morgan fingerprint density at radius 2 is 2.53 bits per heavy atom. The molecule has 0 bridgehead atoms. The van der Waals surface area contributed by atoms with Crippen molar-refractivity contribution in [1.29, 1.82) is 0 Å². The lowest BCUT2D eigenvalue weighted by Gasteiger charge is -1.97. The van der Waals surface area contributed by atoms with Crippen molar-refractivity contribution in [3.8, 4) is 0 Å². The largest absolute Gasteiger partial charge is 0.469 e. The topological polar surface area (TPSA) is 96.7 Å². The second-order valence-electron chi connectivity index (χ2n) is 2.96. The smallest absolute Gasteiger partial charge is 0.254 e. The van der Waals surface area contributed by atoms with Gasteiger partial charge in [0.25, 0.3) is 5.91 Å². The summed E-state index contributed by atoms with van der Waals surface area (Å²) in [6, 6.07) is 1.66. The van der Waals surface area contributed by atoms with Crippen molar-refractivity contribution in [3.63, 3.8) is 0 Å². The molecule has 78 valence electrons. The lowest BCUT2D eigenvalue weighted by atomic mass is 10.3. The van der Waals surface area contributed by atoms with Crippen LogP contribution in [0.15, 0.2) is 16.7 Å². The van der Waals surface area contributed by atoms with Gasteiger partial charge in [-0.25, -0.2) is 0 Å². The van der Waals surface area contributed by atoms with Crippen molar-refractivity contribution in [1.82, 2.24) is 25.9 Å². The molecule has 2 rings (SSSR count). The fraction of sp³-hybridized carbons (Fsp3) is 0.250. The molecule has 0 saturated carbocycles. The molecule has 2 N–H and O–H groups in total. The first-order valence-electron chi connectivity index (χ1n) is 4.31. The molecule has 0 aliphatic carbocycles. The summed E-state index contributed by atoms with van der Waals surface area (Å²) < 4.78 is 5.01. The van der Waals surface area contributed by atoms with Crippen molar-refractivity contribution in [2.75, 3.05) is 0 Å². The van der Waals surface area contributed by atoms with Gasteiger partial charge in [-0.3, -0.25) is 4.79 Å². The van der Waals surface area contributed by atoms with Crippen LogP contribution in [0.25, 0.3) is 0 Å². The molecule has 0 atom stereocenters. The van der Waals surface area contributed by atoms with Crippen molar-refractivity contribution in [3.05, 3.63) is 29.5 Å². The first kappa shape index (κ1) is 9.38. The molecule has 7 heteroatoms. The van der Waals surface area contributed by atoms with E-state index in [-0.39, 0.29) is 12.5 Å². The number of aryl methyl sites for hydroxylation is 1. The number of hydrogen-bond acceptors (Lipinski definition) is 5. The first-order valence-corrected chi connectivity index (χ1v) is 4.31. The summed E-state index contributed by atoms with van der Waals surface area (Å²) in [4.78, 5) is 11.5. The highest BCUT2D eigenvalue weighted by Crippen LogP contribution is 2.05. The van der Waals surface area contributed by atoms with Gasteiger partial charge in [0.1, 0.15) is 12.0 Å². The molecule has 0 aliphatic rings. The summed E-state index contributed by atoms with van der Waals surface area (Å²) in [5.74, 6) is 0.903.